The van der Waals surface area contributed by atoms with Gasteiger partial charge in [-0.25, -0.2) is 17.1 Å². The second kappa shape index (κ2) is 6.72. The molecule has 1 fully saturated rings. The van der Waals surface area contributed by atoms with E-state index in [-0.39, 0.29) is 18.2 Å². The van der Waals surface area contributed by atoms with E-state index in [0.29, 0.717) is 25.3 Å². The van der Waals surface area contributed by atoms with Crippen molar-refractivity contribution in [3.8, 4) is 5.75 Å². The largest absolute Gasteiger partial charge is 0.490 e. The third-order valence-electron chi connectivity index (χ3n) is 3.68. The SMILES string of the molecule is CS(=O)(=O)N1CCCC(COc2c(F)cccc2CN)C1. The van der Waals surface area contributed by atoms with Crippen molar-refractivity contribution in [2.75, 3.05) is 26.0 Å². The molecule has 0 aromatic heterocycles. The summed E-state index contributed by atoms with van der Waals surface area (Å²) >= 11 is 0. The van der Waals surface area contributed by atoms with Crippen LogP contribution >= 0.6 is 0 Å². The van der Waals surface area contributed by atoms with E-state index in [1.807, 2.05) is 0 Å². The molecule has 1 unspecified atom stereocenters. The minimum absolute atomic E-state index is 0.0682. The van der Waals surface area contributed by atoms with E-state index in [9.17, 15) is 12.8 Å². The topological polar surface area (TPSA) is 72.6 Å². The van der Waals surface area contributed by atoms with Gasteiger partial charge in [-0.3, -0.25) is 0 Å². The summed E-state index contributed by atoms with van der Waals surface area (Å²) in [7, 11) is -3.18. The third-order valence-corrected chi connectivity index (χ3v) is 4.95. The van der Waals surface area contributed by atoms with Crippen molar-refractivity contribution >= 4 is 10.0 Å². The van der Waals surface area contributed by atoms with E-state index < -0.39 is 15.8 Å². The molecule has 1 aromatic rings. The summed E-state index contributed by atoms with van der Waals surface area (Å²) < 4.78 is 43.9. The Morgan fingerprint density at radius 3 is 2.90 bits per heavy atom. The number of halogens is 1. The number of benzene rings is 1. The number of hydrogen-bond donors (Lipinski definition) is 1. The number of ether oxygens (including phenoxy) is 1. The lowest BCUT2D eigenvalue weighted by Gasteiger charge is -2.30. The molecule has 5 nitrogen and oxygen atoms in total. The van der Waals surface area contributed by atoms with Gasteiger partial charge in [-0.1, -0.05) is 12.1 Å². The van der Waals surface area contributed by atoms with Crippen LogP contribution in [0.1, 0.15) is 18.4 Å². The summed E-state index contributed by atoms with van der Waals surface area (Å²) in [5.74, 6) is -0.191. The molecule has 0 amide bonds. The number of piperidine rings is 1. The molecule has 21 heavy (non-hydrogen) atoms. The Hall–Kier alpha value is -1.18. The van der Waals surface area contributed by atoms with Crippen molar-refractivity contribution in [1.29, 1.82) is 0 Å². The Kier molecular flexibility index (Phi) is 5.18. The van der Waals surface area contributed by atoms with Crippen molar-refractivity contribution in [1.82, 2.24) is 4.31 Å². The number of nitrogens with two attached hydrogens (primary N) is 1. The second-order valence-electron chi connectivity index (χ2n) is 5.37. The minimum atomic E-state index is -3.18. The first-order valence-electron chi connectivity index (χ1n) is 6.97. The lowest BCUT2D eigenvalue weighted by atomic mass is 10.0. The Morgan fingerprint density at radius 1 is 1.48 bits per heavy atom. The molecule has 1 heterocycles. The Morgan fingerprint density at radius 2 is 2.24 bits per heavy atom. The molecular formula is C14H21FN2O3S. The maximum absolute atomic E-state index is 13.8. The summed E-state index contributed by atoms with van der Waals surface area (Å²) in [6, 6.07) is 4.65. The molecule has 118 valence electrons. The van der Waals surface area contributed by atoms with Gasteiger partial charge >= 0.3 is 0 Å². The molecule has 0 aliphatic carbocycles. The molecule has 1 aliphatic rings. The first kappa shape index (κ1) is 16.2. The zero-order valence-electron chi connectivity index (χ0n) is 12.1. The van der Waals surface area contributed by atoms with Gasteiger partial charge in [0.25, 0.3) is 0 Å². The molecule has 1 aromatic carbocycles. The first-order chi connectivity index (χ1) is 9.91. The highest BCUT2D eigenvalue weighted by Crippen LogP contribution is 2.25. The molecule has 0 bridgehead atoms. The van der Waals surface area contributed by atoms with E-state index in [1.54, 1.807) is 12.1 Å². The van der Waals surface area contributed by atoms with Gasteiger partial charge < -0.3 is 10.5 Å². The zero-order valence-corrected chi connectivity index (χ0v) is 12.9. The van der Waals surface area contributed by atoms with Crippen LogP contribution in [0, 0.1) is 11.7 Å². The van der Waals surface area contributed by atoms with Crippen molar-refractivity contribution in [3.05, 3.63) is 29.6 Å². The summed E-state index contributed by atoms with van der Waals surface area (Å²) in [5, 5.41) is 0. The van der Waals surface area contributed by atoms with Gasteiger partial charge in [0.15, 0.2) is 11.6 Å². The van der Waals surface area contributed by atoms with Gasteiger partial charge in [-0.2, -0.15) is 0 Å². The maximum atomic E-state index is 13.8. The Bertz CT molecular complexity index is 592. The second-order valence-corrected chi connectivity index (χ2v) is 7.35. The Labute approximate surface area is 124 Å². The molecule has 2 N–H and O–H groups in total. The highest BCUT2D eigenvalue weighted by atomic mass is 32.2. The predicted octanol–water partition coefficient (Wildman–Crippen LogP) is 1.33. The van der Waals surface area contributed by atoms with Crippen LogP contribution in [0.3, 0.4) is 0 Å². The predicted molar refractivity (Wildman–Crippen MR) is 78.9 cm³/mol. The smallest absolute Gasteiger partial charge is 0.211 e. The molecule has 1 saturated heterocycles. The minimum Gasteiger partial charge on any atom is -0.490 e. The molecule has 0 radical (unpaired) electrons. The first-order valence-corrected chi connectivity index (χ1v) is 8.82. The van der Waals surface area contributed by atoms with Crippen LogP contribution in [0.15, 0.2) is 18.2 Å². The van der Waals surface area contributed by atoms with Crippen LogP contribution in [0.5, 0.6) is 5.75 Å². The van der Waals surface area contributed by atoms with Gasteiger partial charge in [0.1, 0.15) is 0 Å². The Balaban J connectivity index is 2.00. The third kappa shape index (κ3) is 4.15. The van der Waals surface area contributed by atoms with Gasteiger partial charge in [0.05, 0.1) is 12.9 Å². The monoisotopic (exact) mass is 316 g/mol. The van der Waals surface area contributed by atoms with Gasteiger partial charge in [0, 0.05) is 31.1 Å². The summed E-state index contributed by atoms with van der Waals surface area (Å²) in [6.45, 7) is 1.46. The fraction of sp³-hybridized carbons (Fsp3) is 0.571. The van der Waals surface area contributed by atoms with E-state index in [0.717, 1.165) is 12.8 Å². The number of nitrogens with zero attached hydrogens (tertiary/aromatic N) is 1. The number of para-hydroxylation sites is 1. The molecule has 1 atom stereocenters. The quantitative estimate of drug-likeness (QED) is 0.889. The van der Waals surface area contributed by atoms with E-state index in [1.165, 1.54) is 16.6 Å². The van der Waals surface area contributed by atoms with Crippen LogP contribution < -0.4 is 10.5 Å². The molecule has 7 heteroatoms. The van der Waals surface area contributed by atoms with Gasteiger partial charge in [-0.15, -0.1) is 0 Å². The van der Waals surface area contributed by atoms with E-state index >= 15 is 0 Å². The van der Waals surface area contributed by atoms with E-state index in [4.69, 9.17) is 10.5 Å². The molecular weight excluding hydrogens is 295 g/mol. The zero-order chi connectivity index (χ0) is 15.5. The molecule has 2 rings (SSSR count). The normalized spacial score (nSPS) is 20.4. The van der Waals surface area contributed by atoms with Crippen molar-refractivity contribution < 1.29 is 17.5 Å². The van der Waals surface area contributed by atoms with Crippen molar-refractivity contribution in [2.24, 2.45) is 11.7 Å². The average molecular weight is 316 g/mol. The highest BCUT2D eigenvalue weighted by Gasteiger charge is 2.26. The lowest BCUT2D eigenvalue weighted by molar-refractivity contribution is 0.175. The number of sulfonamides is 1. The van der Waals surface area contributed by atoms with Crippen LogP contribution in [-0.2, 0) is 16.6 Å². The summed E-state index contributed by atoms with van der Waals surface area (Å²) in [4.78, 5) is 0. The van der Waals surface area contributed by atoms with Crippen molar-refractivity contribution in [2.45, 2.75) is 19.4 Å². The van der Waals surface area contributed by atoms with Gasteiger partial charge in [-0.05, 0) is 18.9 Å². The van der Waals surface area contributed by atoms with Crippen LogP contribution in [0.4, 0.5) is 4.39 Å². The fourth-order valence-electron chi connectivity index (χ4n) is 2.54. The van der Waals surface area contributed by atoms with Crippen LogP contribution in [-0.4, -0.2) is 38.7 Å². The number of rotatable bonds is 5. The maximum Gasteiger partial charge on any atom is 0.211 e. The summed E-state index contributed by atoms with van der Waals surface area (Å²) in [6.07, 6.45) is 2.88. The number of hydrogen-bond acceptors (Lipinski definition) is 4. The lowest BCUT2D eigenvalue weighted by Crippen LogP contribution is -2.41. The van der Waals surface area contributed by atoms with Gasteiger partial charge in [0.2, 0.25) is 10.0 Å². The summed E-state index contributed by atoms with van der Waals surface area (Å²) in [5.41, 5.74) is 6.19. The molecule has 0 spiro atoms. The standard InChI is InChI=1S/C14H21FN2O3S/c1-21(18,19)17-7-3-4-11(9-17)10-20-14-12(8-16)5-2-6-13(14)15/h2,5-6,11H,3-4,7-10,16H2,1H3. The van der Waals surface area contributed by atoms with Crippen LogP contribution in [0.25, 0.3) is 0 Å². The van der Waals surface area contributed by atoms with Crippen LogP contribution in [0.2, 0.25) is 0 Å². The average Bonchev–Trinajstić information content (AvgIpc) is 2.45. The fourth-order valence-corrected chi connectivity index (χ4v) is 3.48. The van der Waals surface area contributed by atoms with E-state index in [2.05, 4.69) is 0 Å². The molecule has 1 aliphatic heterocycles. The highest BCUT2D eigenvalue weighted by molar-refractivity contribution is 7.88. The van der Waals surface area contributed by atoms with Crippen molar-refractivity contribution in [3.63, 3.8) is 0 Å². The molecule has 0 saturated carbocycles.